The van der Waals surface area contributed by atoms with Gasteiger partial charge in [-0.3, -0.25) is 9.78 Å². The predicted molar refractivity (Wildman–Crippen MR) is 64.0 cm³/mol. The summed E-state index contributed by atoms with van der Waals surface area (Å²) in [6.45, 7) is 5.66. The smallest absolute Gasteiger partial charge is 0.313 e. The van der Waals surface area contributed by atoms with Crippen molar-refractivity contribution in [3.05, 3.63) is 24.3 Å². The van der Waals surface area contributed by atoms with E-state index in [1.54, 1.807) is 25.4 Å². The fourth-order valence-corrected chi connectivity index (χ4v) is 1.92. The Hall–Kier alpha value is -1.91. The first-order valence-electron chi connectivity index (χ1n) is 5.57. The second-order valence-corrected chi connectivity index (χ2v) is 4.36. The van der Waals surface area contributed by atoms with Crippen LogP contribution in [0.15, 0.2) is 18.5 Å². The SMILES string of the molecule is CC(C(=O)O)c1nc2ccncc2n1C(C)C. The number of hydrogen-bond acceptors (Lipinski definition) is 3. The minimum absolute atomic E-state index is 0.154. The monoisotopic (exact) mass is 233 g/mol. The van der Waals surface area contributed by atoms with E-state index in [4.69, 9.17) is 5.11 Å². The molecule has 0 radical (unpaired) electrons. The Labute approximate surface area is 99.1 Å². The van der Waals surface area contributed by atoms with Crippen molar-refractivity contribution in [2.24, 2.45) is 0 Å². The topological polar surface area (TPSA) is 68.0 Å². The lowest BCUT2D eigenvalue weighted by Crippen LogP contribution is -2.15. The third-order valence-electron chi connectivity index (χ3n) is 2.79. The molecular weight excluding hydrogens is 218 g/mol. The normalized spacial score (nSPS) is 13.2. The zero-order valence-corrected chi connectivity index (χ0v) is 10.1. The molecule has 17 heavy (non-hydrogen) atoms. The summed E-state index contributed by atoms with van der Waals surface area (Å²) in [6.07, 6.45) is 3.38. The van der Waals surface area contributed by atoms with Crippen LogP contribution in [-0.2, 0) is 4.79 Å². The van der Waals surface area contributed by atoms with Gasteiger partial charge in [-0.05, 0) is 26.8 Å². The molecule has 0 saturated heterocycles. The van der Waals surface area contributed by atoms with Crippen LogP contribution in [0.4, 0.5) is 0 Å². The highest BCUT2D eigenvalue weighted by Gasteiger charge is 2.23. The Morgan fingerprint density at radius 1 is 1.41 bits per heavy atom. The minimum Gasteiger partial charge on any atom is -0.481 e. The van der Waals surface area contributed by atoms with Crippen molar-refractivity contribution in [3.63, 3.8) is 0 Å². The van der Waals surface area contributed by atoms with Crippen LogP contribution in [-0.4, -0.2) is 25.6 Å². The quantitative estimate of drug-likeness (QED) is 0.882. The van der Waals surface area contributed by atoms with Gasteiger partial charge in [0.05, 0.1) is 17.2 Å². The molecule has 0 fully saturated rings. The number of imidazole rings is 1. The van der Waals surface area contributed by atoms with Crippen LogP contribution < -0.4 is 0 Å². The second kappa shape index (κ2) is 4.16. The largest absolute Gasteiger partial charge is 0.481 e. The lowest BCUT2D eigenvalue weighted by molar-refractivity contribution is -0.138. The molecule has 0 bridgehead atoms. The zero-order chi connectivity index (χ0) is 12.6. The average Bonchev–Trinajstić information content (AvgIpc) is 2.66. The molecule has 2 heterocycles. The summed E-state index contributed by atoms with van der Waals surface area (Å²) in [6, 6.07) is 1.95. The van der Waals surface area contributed by atoms with Gasteiger partial charge in [0.1, 0.15) is 11.7 Å². The summed E-state index contributed by atoms with van der Waals surface area (Å²) >= 11 is 0. The van der Waals surface area contributed by atoms with Gasteiger partial charge in [0.15, 0.2) is 0 Å². The van der Waals surface area contributed by atoms with Gasteiger partial charge in [-0.2, -0.15) is 0 Å². The summed E-state index contributed by atoms with van der Waals surface area (Å²) in [5, 5.41) is 9.10. The van der Waals surface area contributed by atoms with Crippen molar-refractivity contribution in [3.8, 4) is 0 Å². The predicted octanol–water partition coefficient (Wildman–Crippen LogP) is 2.20. The Kier molecular flexibility index (Phi) is 2.83. The molecule has 0 aromatic carbocycles. The number of carboxylic acid groups (broad SMARTS) is 1. The van der Waals surface area contributed by atoms with Crippen LogP contribution in [0.25, 0.3) is 11.0 Å². The molecule has 90 valence electrons. The fourth-order valence-electron chi connectivity index (χ4n) is 1.92. The summed E-state index contributed by atoms with van der Waals surface area (Å²) in [7, 11) is 0. The maximum Gasteiger partial charge on any atom is 0.313 e. The molecule has 2 aromatic rings. The molecule has 1 atom stereocenters. The highest BCUT2D eigenvalue weighted by molar-refractivity contribution is 5.79. The molecule has 1 unspecified atom stereocenters. The Morgan fingerprint density at radius 2 is 2.12 bits per heavy atom. The van der Waals surface area contributed by atoms with Crippen molar-refractivity contribution in [2.45, 2.75) is 32.7 Å². The van der Waals surface area contributed by atoms with Gasteiger partial charge in [0, 0.05) is 12.2 Å². The average molecular weight is 233 g/mol. The minimum atomic E-state index is -0.866. The second-order valence-electron chi connectivity index (χ2n) is 4.36. The van der Waals surface area contributed by atoms with Crippen molar-refractivity contribution in [1.29, 1.82) is 0 Å². The number of hydrogen-bond donors (Lipinski definition) is 1. The van der Waals surface area contributed by atoms with E-state index in [1.165, 1.54) is 0 Å². The van der Waals surface area contributed by atoms with E-state index in [2.05, 4.69) is 9.97 Å². The molecule has 0 aliphatic carbocycles. The summed E-state index contributed by atoms with van der Waals surface area (Å²) in [4.78, 5) is 19.5. The number of carboxylic acids is 1. The summed E-state index contributed by atoms with van der Waals surface area (Å²) in [5.41, 5.74) is 1.67. The molecule has 0 saturated carbocycles. The lowest BCUT2D eigenvalue weighted by atomic mass is 10.1. The molecule has 2 aromatic heterocycles. The van der Waals surface area contributed by atoms with E-state index in [-0.39, 0.29) is 6.04 Å². The molecule has 5 heteroatoms. The number of nitrogens with zero attached hydrogens (tertiary/aromatic N) is 3. The molecule has 5 nitrogen and oxygen atoms in total. The molecule has 2 rings (SSSR count). The molecule has 0 aliphatic rings. The van der Waals surface area contributed by atoms with Crippen LogP contribution in [0, 0.1) is 0 Å². The van der Waals surface area contributed by atoms with E-state index >= 15 is 0 Å². The van der Waals surface area contributed by atoms with Gasteiger partial charge in [-0.25, -0.2) is 4.98 Å². The van der Waals surface area contributed by atoms with E-state index < -0.39 is 11.9 Å². The number of fused-ring (bicyclic) bond motifs is 1. The summed E-state index contributed by atoms with van der Waals surface area (Å²) < 4.78 is 1.93. The van der Waals surface area contributed by atoms with E-state index in [0.717, 1.165) is 11.0 Å². The molecular formula is C12H15N3O2. The first-order valence-corrected chi connectivity index (χ1v) is 5.57. The lowest BCUT2D eigenvalue weighted by Gasteiger charge is -2.14. The van der Waals surface area contributed by atoms with Gasteiger partial charge in [0.2, 0.25) is 0 Å². The Balaban J connectivity index is 2.70. The number of rotatable bonds is 3. The van der Waals surface area contributed by atoms with Gasteiger partial charge in [0.25, 0.3) is 0 Å². The standard InChI is InChI=1S/C12H15N3O2/c1-7(2)15-10-6-13-5-4-9(10)14-11(15)8(3)12(16)17/h4-8H,1-3H3,(H,16,17). The van der Waals surface area contributed by atoms with Crippen LogP contribution in [0.1, 0.15) is 38.6 Å². The molecule has 0 aliphatic heterocycles. The van der Waals surface area contributed by atoms with Gasteiger partial charge in [-0.1, -0.05) is 0 Å². The number of aromatic nitrogens is 3. The van der Waals surface area contributed by atoms with Crippen molar-refractivity contribution in [2.75, 3.05) is 0 Å². The third-order valence-corrected chi connectivity index (χ3v) is 2.79. The Bertz CT molecular complexity index is 560. The third kappa shape index (κ3) is 1.88. The Morgan fingerprint density at radius 3 is 2.71 bits per heavy atom. The van der Waals surface area contributed by atoms with Gasteiger partial charge >= 0.3 is 5.97 Å². The molecule has 0 spiro atoms. The van der Waals surface area contributed by atoms with Crippen molar-refractivity contribution in [1.82, 2.24) is 14.5 Å². The number of pyridine rings is 1. The van der Waals surface area contributed by atoms with E-state index in [1.807, 2.05) is 18.4 Å². The van der Waals surface area contributed by atoms with Crippen molar-refractivity contribution >= 4 is 17.0 Å². The molecule has 1 N–H and O–H groups in total. The number of aliphatic carboxylic acids is 1. The van der Waals surface area contributed by atoms with Crippen LogP contribution in [0.5, 0.6) is 0 Å². The maximum atomic E-state index is 11.1. The highest BCUT2D eigenvalue weighted by atomic mass is 16.4. The van der Waals surface area contributed by atoms with E-state index in [0.29, 0.717) is 5.82 Å². The van der Waals surface area contributed by atoms with Gasteiger partial charge < -0.3 is 9.67 Å². The summed E-state index contributed by atoms with van der Waals surface area (Å²) in [5.74, 6) is -0.907. The van der Waals surface area contributed by atoms with Crippen LogP contribution in [0.3, 0.4) is 0 Å². The fraction of sp³-hybridized carbons (Fsp3) is 0.417. The van der Waals surface area contributed by atoms with Crippen LogP contribution in [0.2, 0.25) is 0 Å². The maximum absolute atomic E-state index is 11.1. The zero-order valence-electron chi connectivity index (χ0n) is 10.1. The van der Waals surface area contributed by atoms with E-state index in [9.17, 15) is 4.79 Å². The first-order chi connectivity index (χ1) is 8.02. The van der Waals surface area contributed by atoms with Crippen molar-refractivity contribution < 1.29 is 9.90 Å². The van der Waals surface area contributed by atoms with Crippen LogP contribution >= 0.6 is 0 Å². The molecule has 0 amide bonds. The first kappa shape index (κ1) is 11.6. The highest BCUT2D eigenvalue weighted by Crippen LogP contribution is 2.25. The van der Waals surface area contributed by atoms with Gasteiger partial charge in [-0.15, -0.1) is 0 Å². The number of carbonyl (C=O) groups is 1.